The number of benzene rings is 3. The van der Waals surface area contributed by atoms with Crippen molar-refractivity contribution in [1.29, 1.82) is 0 Å². The molecular weight excluding hydrogens is 537 g/mol. The molecule has 1 amide bonds. The molecule has 0 fully saturated rings. The summed E-state index contributed by atoms with van der Waals surface area (Å²) in [4.78, 5) is 14.0. The average Bonchev–Trinajstić information content (AvgIpc) is 3.45. The summed E-state index contributed by atoms with van der Waals surface area (Å²) in [7, 11) is -4.23. The molecule has 5 rings (SSSR count). The summed E-state index contributed by atoms with van der Waals surface area (Å²) < 4.78 is 68.6. The largest absolute Gasteiger partial charge is 0.416 e. The van der Waals surface area contributed by atoms with Gasteiger partial charge in [-0.15, -0.1) is 11.3 Å². The molecule has 0 saturated carbocycles. The minimum absolute atomic E-state index is 0.209. The lowest BCUT2D eigenvalue weighted by Crippen LogP contribution is -2.15. The minimum Gasteiger partial charge on any atom is -0.321 e. The molecule has 38 heavy (non-hydrogen) atoms. The number of halogens is 3. The number of sulfonamides is 1. The first-order chi connectivity index (χ1) is 18.0. The minimum atomic E-state index is -4.61. The summed E-state index contributed by atoms with van der Waals surface area (Å²) in [6, 6.07) is 20.6. The number of fused-ring (bicyclic) bond motifs is 1. The highest BCUT2D eigenvalue weighted by Gasteiger charge is 2.30. The first kappa shape index (κ1) is 25.5. The Morgan fingerprint density at radius 3 is 2.37 bits per heavy atom. The fourth-order valence-electron chi connectivity index (χ4n) is 3.81. The summed E-state index contributed by atoms with van der Waals surface area (Å²) in [5, 5.41) is 8.07. The van der Waals surface area contributed by atoms with Gasteiger partial charge in [0, 0.05) is 16.8 Å². The number of nitrogens with one attached hydrogen (secondary N) is 2. The number of aryl methyl sites for hydroxylation is 1. The van der Waals surface area contributed by atoms with Crippen LogP contribution in [-0.2, 0) is 16.2 Å². The molecule has 5 aromatic rings. The zero-order chi connectivity index (χ0) is 27.1. The third kappa shape index (κ3) is 5.13. The van der Waals surface area contributed by atoms with Crippen molar-refractivity contribution in [3.63, 3.8) is 0 Å². The average molecular weight is 557 g/mol. The van der Waals surface area contributed by atoms with E-state index < -0.39 is 27.7 Å². The van der Waals surface area contributed by atoms with Crippen LogP contribution in [0.25, 0.3) is 15.9 Å². The molecule has 0 aliphatic rings. The van der Waals surface area contributed by atoms with E-state index in [9.17, 15) is 26.4 Å². The number of nitrogens with zero attached hydrogens (tertiary/aromatic N) is 2. The Morgan fingerprint density at radius 1 is 0.921 bits per heavy atom. The SMILES string of the molecule is Cc1nn(-c2ccccc2)c2sc(C(=O)Nc3cccc(S(=O)(=O)Nc4cccc(C(F)(F)F)c4)c3)cc12. The van der Waals surface area contributed by atoms with Crippen molar-refractivity contribution < 1.29 is 26.4 Å². The summed E-state index contributed by atoms with van der Waals surface area (Å²) in [5.41, 5.74) is 0.606. The Bertz CT molecular complexity index is 1760. The molecule has 2 N–H and O–H groups in total. The van der Waals surface area contributed by atoms with Crippen molar-refractivity contribution in [2.24, 2.45) is 0 Å². The van der Waals surface area contributed by atoms with E-state index >= 15 is 0 Å². The second-order valence-electron chi connectivity index (χ2n) is 8.33. The Balaban J connectivity index is 1.37. The number of rotatable bonds is 6. The lowest BCUT2D eigenvalue weighted by atomic mass is 10.2. The molecule has 0 saturated heterocycles. The van der Waals surface area contributed by atoms with E-state index in [1.165, 1.54) is 41.7 Å². The van der Waals surface area contributed by atoms with Crippen molar-refractivity contribution in [2.45, 2.75) is 18.0 Å². The van der Waals surface area contributed by atoms with Gasteiger partial charge in [-0.05, 0) is 61.5 Å². The van der Waals surface area contributed by atoms with Gasteiger partial charge < -0.3 is 5.32 Å². The number of aromatic nitrogens is 2. The van der Waals surface area contributed by atoms with Crippen molar-refractivity contribution in [3.05, 3.63) is 101 Å². The molecule has 7 nitrogen and oxygen atoms in total. The monoisotopic (exact) mass is 556 g/mol. The first-order valence-corrected chi connectivity index (χ1v) is 13.5. The number of amides is 1. The zero-order valence-electron chi connectivity index (χ0n) is 19.7. The van der Waals surface area contributed by atoms with E-state index in [1.54, 1.807) is 10.7 Å². The van der Waals surface area contributed by atoms with Gasteiger partial charge in [-0.3, -0.25) is 9.52 Å². The fourth-order valence-corrected chi connectivity index (χ4v) is 5.98. The van der Waals surface area contributed by atoms with Gasteiger partial charge in [0.25, 0.3) is 15.9 Å². The number of thiophene rings is 1. The number of hydrogen-bond donors (Lipinski definition) is 2. The Labute approximate surface area is 219 Å². The molecule has 0 aliphatic carbocycles. The van der Waals surface area contributed by atoms with E-state index in [0.717, 1.165) is 33.7 Å². The predicted molar refractivity (Wildman–Crippen MR) is 140 cm³/mol. The number of anilines is 2. The maximum atomic E-state index is 13.0. The standard InChI is InChI=1S/C26H19F3N4O3S2/c1-16-22-15-23(37-25(22)33(31-16)20-10-3-2-4-11-20)24(34)30-18-8-6-12-21(14-18)38(35,36)32-19-9-5-7-17(13-19)26(27,28)29/h2-15,32H,1H3,(H,30,34). The summed E-state index contributed by atoms with van der Waals surface area (Å²) in [6.07, 6.45) is -4.61. The highest BCUT2D eigenvalue weighted by molar-refractivity contribution is 7.92. The molecule has 0 spiro atoms. The maximum Gasteiger partial charge on any atom is 0.416 e. The molecule has 2 heterocycles. The Hall–Kier alpha value is -4.16. The van der Waals surface area contributed by atoms with Gasteiger partial charge in [-0.25, -0.2) is 13.1 Å². The van der Waals surface area contributed by atoms with Crippen LogP contribution in [-0.4, -0.2) is 24.1 Å². The molecule has 0 unspecified atom stereocenters. The van der Waals surface area contributed by atoms with Crippen molar-refractivity contribution in [1.82, 2.24) is 9.78 Å². The molecule has 0 bridgehead atoms. The third-order valence-electron chi connectivity index (χ3n) is 5.61. The van der Waals surface area contributed by atoms with Crippen LogP contribution in [0, 0.1) is 6.92 Å². The molecule has 0 aliphatic heterocycles. The molecule has 0 atom stereocenters. The molecule has 2 aromatic heterocycles. The summed E-state index contributed by atoms with van der Waals surface area (Å²) in [6.45, 7) is 1.85. The number of alkyl halides is 3. The van der Waals surface area contributed by atoms with Gasteiger partial charge >= 0.3 is 6.18 Å². The van der Waals surface area contributed by atoms with Crippen LogP contribution in [0.1, 0.15) is 20.9 Å². The van der Waals surface area contributed by atoms with Gasteiger partial charge in [0.05, 0.1) is 26.7 Å². The van der Waals surface area contributed by atoms with E-state index in [4.69, 9.17) is 0 Å². The highest BCUT2D eigenvalue weighted by atomic mass is 32.2. The van der Waals surface area contributed by atoms with Crippen molar-refractivity contribution in [3.8, 4) is 5.69 Å². The molecule has 194 valence electrons. The topological polar surface area (TPSA) is 93.1 Å². The van der Waals surface area contributed by atoms with Crippen LogP contribution in [0.2, 0.25) is 0 Å². The van der Waals surface area contributed by atoms with Crippen LogP contribution < -0.4 is 10.0 Å². The quantitative estimate of drug-likeness (QED) is 0.251. The van der Waals surface area contributed by atoms with E-state index in [1.807, 2.05) is 37.3 Å². The van der Waals surface area contributed by atoms with Crippen LogP contribution >= 0.6 is 11.3 Å². The maximum absolute atomic E-state index is 13.0. The third-order valence-corrected chi connectivity index (χ3v) is 8.10. The van der Waals surface area contributed by atoms with Crippen LogP contribution in [0.15, 0.2) is 89.8 Å². The van der Waals surface area contributed by atoms with Gasteiger partial charge in [-0.2, -0.15) is 18.3 Å². The van der Waals surface area contributed by atoms with Crippen LogP contribution in [0.3, 0.4) is 0 Å². The second-order valence-corrected chi connectivity index (χ2v) is 11.0. The predicted octanol–water partition coefficient (Wildman–Crippen LogP) is 6.47. The lowest BCUT2D eigenvalue weighted by molar-refractivity contribution is -0.137. The smallest absolute Gasteiger partial charge is 0.321 e. The number of carbonyl (C=O) groups is 1. The van der Waals surface area contributed by atoms with Gasteiger partial charge in [0.1, 0.15) is 4.83 Å². The van der Waals surface area contributed by atoms with E-state index in [2.05, 4.69) is 15.1 Å². The van der Waals surface area contributed by atoms with Gasteiger partial charge in [0.2, 0.25) is 0 Å². The molecule has 12 heteroatoms. The normalized spacial score (nSPS) is 12.0. The number of hydrogen-bond acceptors (Lipinski definition) is 5. The van der Waals surface area contributed by atoms with E-state index in [0.29, 0.717) is 10.9 Å². The molecule has 0 radical (unpaired) electrons. The molecule has 3 aromatic carbocycles. The second kappa shape index (κ2) is 9.62. The fraction of sp³-hybridized carbons (Fsp3) is 0.0769. The van der Waals surface area contributed by atoms with Crippen LogP contribution in [0.5, 0.6) is 0 Å². The lowest BCUT2D eigenvalue weighted by Gasteiger charge is -2.12. The van der Waals surface area contributed by atoms with E-state index in [-0.39, 0.29) is 16.3 Å². The van der Waals surface area contributed by atoms with Crippen LogP contribution in [0.4, 0.5) is 24.5 Å². The Kier molecular flexibility index (Phi) is 6.45. The first-order valence-electron chi connectivity index (χ1n) is 11.2. The van der Waals surface area contributed by atoms with Crippen molar-refractivity contribution in [2.75, 3.05) is 10.0 Å². The summed E-state index contributed by atoms with van der Waals surface area (Å²) in [5.74, 6) is -0.439. The highest BCUT2D eigenvalue weighted by Crippen LogP contribution is 2.32. The number of para-hydroxylation sites is 1. The molecular formula is C26H19F3N4O3S2. The van der Waals surface area contributed by atoms with Gasteiger partial charge in [-0.1, -0.05) is 30.3 Å². The Morgan fingerprint density at radius 2 is 1.63 bits per heavy atom. The zero-order valence-corrected chi connectivity index (χ0v) is 21.3. The van der Waals surface area contributed by atoms with Crippen molar-refractivity contribution >= 4 is 48.9 Å². The number of carbonyl (C=O) groups excluding carboxylic acids is 1. The van der Waals surface area contributed by atoms with Gasteiger partial charge in [0.15, 0.2) is 0 Å². The summed E-state index contributed by atoms with van der Waals surface area (Å²) >= 11 is 1.25.